The van der Waals surface area contributed by atoms with Gasteiger partial charge in [-0.05, 0) is 12.0 Å². The molecule has 0 spiro atoms. The number of aromatic amines is 1. The number of carbonyl (C=O) groups is 2. The minimum Gasteiger partial charge on any atom is -0.480 e. The average molecular weight is 347 g/mol. The first-order valence-corrected chi connectivity index (χ1v) is 7.51. The number of nitro benzene ring substituents is 1. The number of carbonyl (C=O) groups excluding carboxylic acids is 1. The molecule has 1 heterocycles. The number of hydrogen-bond acceptors (Lipinski definition) is 5. The number of carboxylic acids is 1. The molecule has 0 saturated heterocycles. The number of carboxylic acid groups (broad SMARTS) is 1. The van der Waals surface area contributed by atoms with E-state index < -0.39 is 28.9 Å². The van der Waals surface area contributed by atoms with Gasteiger partial charge >= 0.3 is 5.97 Å². The number of H-pyrrole nitrogens is 1. The molecule has 2 aromatic rings. The molecule has 0 unspecified atom stereocenters. The number of amides is 1. The number of nitro groups is 1. The van der Waals surface area contributed by atoms with Gasteiger partial charge in [-0.3, -0.25) is 24.5 Å². The van der Waals surface area contributed by atoms with E-state index in [2.05, 4.69) is 4.98 Å². The first kappa shape index (κ1) is 18.1. The van der Waals surface area contributed by atoms with Gasteiger partial charge in [0, 0.05) is 35.6 Å². The Morgan fingerprint density at radius 1 is 1.32 bits per heavy atom. The van der Waals surface area contributed by atoms with Gasteiger partial charge in [0.15, 0.2) is 0 Å². The van der Waals surface area contributed by atoms with Gasteiger partial charge < -0.3 is 15.0 Å². The second-order valence-corrected chi connectivity index (χ2v) is 6.01. The highest BCUT2D eigenvalue weighted by molar-refractivity contribution is 6.07. The maximum atomic E-state index is 12.8. The summed E-state index contributed by atoms with van der Waals surface area (Å²) in [5.41, 5.74) is -0.586. The van der Waals surface area contributed by atoms with Crippen LogP contribution in [0.3, 0.4) is 0 Å². The van der Waals surface area contributed by atoms with Crippen molar-refractivity contribution in [1.82, 2.24) is 9.88 Å². The summed E-state index contributed by atoms with van der Waals surface area (Å²) in [5, 5.41) is 20.2. The van der Waals surface area contributed by atoms with Crippen LogP contribution in [0.1, 0.15) is 24.2 Å². The van der Waals surface area contributed by atoms with Gasteiger partial charge in [0.2, 0.25) is 5.56 Å². The predicted octanol–water partition coefficient (Wildman–Crippen LogP) is 1.62. The third kappa shape index (κ3) is 4.19. The van der Waals surface area contributed by atoms with Gasteiger partial charge in [0.25, 0.3) is 11.6 Å². The number of rotatable bonds is 6. The van der Waals surface area contributed by atoms with Crippen molar-refractivity contribution in [3.63, 3.8) is 0 Å². The second-order valence-electron chi connectivity index (χ2n) is 6.01. The average Bonchev–Trinajstić information content (AvgIpc) is 2.51. The number of nitrogens with one attached hydrogen (secondary N) is 1. The van der Waals surface area contributed by atoms with E-state index >= 15 is 0 Å². The van der Waals surface area contributed by atoms with E-state index in [-0.39, 0.29) is 34.6 Å². The first-order valence-electron chi connectivity index (χ1n) is 7.51. The van der Waals surface area contributed by atoms with Gasteiger partial charge in [0.1, 0.15) is 6.54 Å². The van der Waals surface area contributed by atoms with Crippen molar-refractivity contribution in [3.8, 4) is 0 Å². The molecule has 9 nitrogen and oxygen atoms in total. The van der Waals surface area contributed by atoms with Crippen molar-refractivity contribution >= 4 is 28.5 Å². The minimum atomic E-state index is -1.19. The third-order valence-electron chi connectivity index (χ3n) is 3.47. The molecule has 0 bridgehead atoms. The van der Waals surface area contributed by atoms with Crippen molar-refractivity contribution in [2.24, 2.45) is 5.92 Å². The van der Waals surface area contributed by atoms with Gasteiger partial charge in [-0.25, -0.2) is 0 Å². The lowest BCUT2D eigenvalue weighted by atomic mass is 10.1. The SMILES string of the molecule is CC(C)CN(CC(=O)O)C(=O)c1cc(=O)[nH]c2ccc([N+](=O)[O-])cc12. The predicted molar refractivity (Wildman–Crippen MR) is 89.6 cm³/mol. The molecular formula is C16H17N3O6. The lowest BCUT2D eigenvalue weighted by molar-refractivity contribution is -0.384. The Hall–Kier alpha value is -3.23. The summed E-state index contributed by atoms with van der Waals surface area (Å²) in [6.07, 6.45) is 0. The second kappa shape index (κ2) is 7.12. The zero-order valence-corrected chi connectivity index (χ0v) is 13.7. The molecule has 0 aliphatic rings. The zero-order chi connectivity index (χ0) is 18.7. The molecule has 25 heavy (non-hydrogen) atoms. The highest BCUT2D eigenvalue weighted by atomic mass is 16.6. The van der Waals surface area contributed by atoms with E-state index in [4.69, 9.17) is 5.11 Å². The number of benzene rings is 1. The Labute approximate surface area is 142 Å². The van der Waals surface area contributed by atoms with Crippen LogP contribution in [-0.4, -0.2) is 44.9 Å². The highest BCUT2D eigenvalue weighted by Gasteiger charge is 2.23. The summed E-state index contributed by atoms with van der Waals surface area (Å²) in [6, 6.07) is 4.78. The first-order chi connectivity index (χ1) is 11.7. The summed E-state index contributed by atoms with van der Waals surface area (Å²) < 4.78 is 0. The molecule has 0 aliphatic heterocycles. The number of non-ortho nitro benzene ring substituents is 1. The Kier molecular flexibility index (Phi) is 5.16. The maximum absolute atomic E-state index is 12.8. The third-order valence-corrected chi connectivity index (χ3v) is 3.47. The monoisotopic (exact) mass is 347 g/mol. The van der Waals surface area contributed by atoms with E-state index in [1.165, 1.54) is 18.2 Å². The van der Waals surface area contributed by atoms with Gasteiger partial charge in [0.05, 0.1) is 10.5 Å². The molecule has 0 fully saturated rings. The number of hydrogen-bond donors (Lipinski definition) is 2. The summed E-state index contributed by atoms with van der Waals surface area (Å²) in [7, 11) is 0. The number of fused-ring (bicyclic) bond motifs is 1. The molecule has 1 amide bonds. The smallest absolute Gasteiger partial charge is 0.323 e. The van der Waals surface area contributed by atoms with Crippen LogP contribution in [0.4, 0.5) is 5.69 Å². The number of aliphatic carboxylic acids is 1. The van der Waals surface area contributed by atoms with Crippen LogP contribution in [0.15, 0.2) is 29.1 Å². The normalized spacial score (nSPS) is 10.8. The lowest BCUT2D eigenvalue weighted by Crippen LogP contribution is -2.38. The topological polar surface area (TPSA) is 134 Å². The Morgan fingerprint density at radius 3 is 2.56 bits per heavy atom. The van der Waals surface area contributed by atoms with E-state index in [0.29, 0.717) is 0 Å². The van der Waals surface area contributed by atoms with Crippen LogP contribution in [0.2, 0.25) is 0 Å². The lowest BCUT2D eigenvalue weighted by Gasteiger charge is -2.23. The highest BCUT2D eigenvalue weighted by Crippen LogP contribution is 2.23. The van der Waals surface area contributed by atoms with E-state index in [0.717, 1.165) is 11.0 Å². The summed E-state index contributed by atoms with van der Waals surface area (Å²) in [6.45, 7) is 3.29. The van der Waals surface area contributed by atoms with Gasteiger partial charge in [-0.15, -0.1) is 0 Å². The largest absolute Gasteiger partial charge is 0.480 e. The molecule has 9 heteroatoms. The van der Waals surface area contributed by atoms with Gasteiger partial charge in [-0.2, -0.15) is 0 Å². The van der Waals surface area contributed by atoms with E-state index in [1.54, 1.807) is 0 Å². The van der Waals surface area contributed by atoms with E-state index in [1.807, 2.05) is 13.8 Å². The van der Waals surface area contributed by atoms with E-state index in [9.17, 15) is 24.5 Å². The fourth-order valence-corrected chi connectivity index (χ4v) is 2.53. The number of nitrogens with zero attached hydrogens (tertiary/aromatic N) is 2. The molecule has 0 saturated carbocycles. The molecule has 132 valence electrons. The van der Waals surface area contributed by atoms with Crippen LogP contribution in [0.5, 0.6) is 0 Å². The quantitative estimate of drug-likeness (QED) is 0.602. The van der Waals surface area contributed by atoms with Crippen LogP contribution in [0.25, 0.3) is 10.9 Å². The van der Waals surface area contributed by atoms with Crippen molar-refractivity contribution < 1.29 is 19.6 Å². The molecule has 1 aromatic carbocycles. The van der Waals surface area contributed by atoms with Gasteiger partial charge in [-0.1, -0.05) is 13.8 Å². The summed E-state index contributed by atoms with van der Waals surface area (Å²) in [5.74, 6) is -1.84. The zero-order valence-electron chi connectivity index (χ0n) is 13.7. The molecule has 0 radical (unpaired) electrons. The summed E-state index contributed by atoms with van der Waals surface area (Å²) in [4.78, 5) is 49.7. The maximum Gasteiger partial charge on any atom is 0.323 e. The Morgan fingerprint density at radius 2 is 2.00 bits per heavy atom. The Bertz CT molecular complexity index is 902. The van der Waals surface area contributed by atoms with Crippen molar-refractivity contribution in [2.75, 3.05) is 13.1 Å². The molecular weight excluding hydrogens is 330 g/mol. The number of pyridine rings is 1. The number of aromatic nitrogens is 1. The summed E-state index contributed by atoms with van der Waals surface area (Å²) >= 11 is 0. The fraction of sp³-hybridized carbons (Fsp3) is 0.312. The van der Waals surface area contributed by atoms with Crippen molar-refractivity contribution in [1.29, 1.82) is 0 Å². The fourth-order valence-electron chi connectivity index (χ4n) is 2.53. The molecule has 0 atom stereocenters. The molecule has 2 N–H and O–H groups in total. The van der Waals surface area contributed by atoms with Crippen LogP contribution >= 0.6 is 0 Å². The van der Waals surface area contributed by atoms with Crippen molar-refractivity contribution in [2.45, 2.75) is 13.8 Å². The molecule has 1 aromatic heterocycles. The van der Waals surface area contributed by atoms with Crippen LogP contribution in [-0.2, 0) is 4.79 Å². The minimum absolute atomic E-state index is 0.00546. The van der Waals surface area contributed by atoms with Crippen LogP contribution < -0.4 is 5.56 Å². The molecule has 0 aliphatic carbocycles. The standard InChI is InChI=1S/C16H17N3O6/c1-9(2)7-18(8-15(21)22)16(23)12-6-14(20)17-13-4-3-10(19(24)25)5-11(12)13/h3-6,9H,7-8H2,1-2H3,(H,17,20)(H,21,22). The van der Waals surface area contributed by atoms with Crippen molar-refractivity contribution in [3.05, 3.63) is 50.3 Å². The van der Waals surface area contributed by atoms with Crippen LogP contribution in [0, 0.1) is 16.0 Å². The molecule has 2 rings (SSSR count). The Balaban J connectivity index is 2.61.